The molecule has 12 heavy (non-hydrogen) atoms. The Morgan fingerprint density at radius 2 is 2.08 bits per heavy atom. The average molecular weight is 170 g/mol. The van der Waals surface area contributed by atoms with Crippen molar-refractivity contribution in [1.82, 2.24) is 0 Å². The summed E-state index contributed by atoms with van der Waals surface area (Å²) >= 11 is 0. The second kappa shape index (κ2) is 3.56. The molecule has 0 amide bonds. The summed E-state index contributed by atoms with van der Waals surface area (Å²) < 4.78 is 0. The van der Waals surface area contributed by atoms with E-state index in [0.717, 1.165) is 13.0 Å². The summed E-state index contributed by atoms with van der Waals surface area (Å²) in [7, 11) is 2.14. The molecular weight excluding hydrogens is 150 g/mol. The lowest BCUT2D eigenvalue weighted by Crippen LogP contribution is -3.16. The van der Waals surface area contributed by atoms with Gasteiger partial charge in [0.25, 0.3) is 0 Å². The van der Waals surface area contributed by atoms with Gasteiger partial charge in [-0.2, -0.15) is 0 Å². The Morgan fingerprint density at radius 1 is 1.50 bits per heavy atom. The van der Waals surface area contributed by atoms with Crippen molar-refractivity contribution in [2.75, 3.05) is 13.6 Å². The van der Waals surface area contributed by atoms with Gasteiger partial charge in [-0.3, -0.25) is 4.79 Å². The Hall–Kier alpha value is -0.370. The molecule has 1 rings (SSSR count). The number of carbonyl (C=O) groups is 1. The largest absolute Gasteiger partial charge is 0.328 e. The summed E-state index contributed by atoms with van der Waals surface area (Å²) in [6, 6.07) is 0.251. The van der Waals surface area contributed by atoms with Crippen LogP contribution in [-0.2, 0) is 4.79 Å². The van der Waals surface area contributed by atoms with Crippen LogP contribution in [-0.4, -0.2) is 25.4 Å². The van der Waals surface area contributed by atoms with E-state index in [4.69, 9.17) is 0 Å². The number of ketones is 1. The lowest BCUT2D eigenvalue weighted by molar-refractivity contribution is -0.906. The summed E-state index contributed by atoms with van der Waals surface area (Å²) in [4.78, 5) is 13.0. The Balaban J connectivity index is 2.67. The summed E-state index contributed by atoms with van der Waals surface area (Å²) in [5, 5.41) is 0. The Kier molecular flexibility index (Phi) is 2.89. The summed E-state index contributed by atoms with van der Waals surface area (Å²) in [5.41, 5.74) is 0. The van der Waals surface area contributed by atoms with Gasteiger partial charge in [0.2, 0.25) is 0 Å². The van der Waals surface area contributed by atoms with E-state index in [2.05, 4.69) is 27.8 Å². The van der Waals surface area contributed by atoms with E-state index >= 15 is 0 Å². The molecule has 1 unspecified atom stereocenters. The first-order chi connectivity index (χ1) is 5.52. The normalized spacial score (nSPS) is 37.4. The van der Waals surface area contributed by atoms with Crippen molar-refractivity contribution in [2.24, 2.45) is 11.8 Å². The first-order valence-corrected chi connectivity index (χ1v) is 4.87. The zero-order valence-electron chi connectivity index (χ0n) is 8.55. The average Bonchev–Trinajstić information content (AvgIpc) is 1.82. The maximum atomic E-state index is 11.6. The van der Waals surface area contributed by atoms with Gasteiger partial charge >= 0.3 is 0 Å². The molecule has 1 aliphatic rings. The summed E-state index contributed by atoms with van der Waals surface area (Å²) in [6.45, 7) is 7.59. The number of Topliss-reactive ketones (excluding diaryl/α,β-unsaturated/α-hetero) is 1. The molecule has 1 N–H and O–H groups in total. The second-order valence-corrected chi connectivity index (χ2v) is 4.55. The van der Waals surface area contributed by atoms with Gasteiger partial charge in [-0.25, -0.2) is 0 Å². The monoisotopic (exact) mass is 170 g/mol. The number of carbonyl (C=O) groups excluding carboxylic acids is 1. The molecule has 0 aromatic rings. The smallest absolute Gasteiger partial charge is 0.190 e. The fourth-order valence-electron chi connectivity index (χ4n) is 2.43. The van der Waals surface area contributed by atoms with Crippen LogP contribution in [0.4, 0.5) is 0 Å². The van der Waals surface area contributed by atoms with Crippen LogP contribution in [0, 0.1) is 11.8 Å². The lowest BCUT2D eigenvalue weighted by atomic mass is 9.87. The Bertz CT molecular complexity index is 177. The molecule has 0 radical (unpaired) electrons. The van der Waals surface area contributed by atoms with Crippen LogP contribution < -0.4 is 4.90 Å². The van der Waals surface area contributed by atoms with Crippen LogP contribution in [0.2, 0.25) is 0 Å². The van der Waals surface area contributed by atoms with Crippen molar-refractivity contribution >= 4 is 5.78 Å². The van der Waals surface area contributed by atoms with Crippen molar-refractivity contribution in [3.8, 4) is 0 Å². The summed E-state index contributed by atoms with van der Waals surface area (Å²) in [5.74, 6) is 1.53. The van der Waals surface area contributed by atoms with Crippen molar-refractivity contribution in [1.29, 1.82) is 0 Å². The first kappa shape index (κ1) is 9.72. The molecule has 0 bridgehead atoms. The standard InChI is InChI=1S/C10H19NO/c1-7(2)10-9(12)5-8(3)6-11(10)4/h7-8,10H,5-6H2,1-4H3/p+1/t8-,10+/m0/s1. The first-order valence-electron chi connectivity index (χ1n) is 4.87. The van der Waals surface area contributed by atoms with Gasteiger partial charge in [0.1, 0.15) is 6.04 Å². The molecule has 0 aromatic heterocycles. The number of piperidine rings is 1. The SMILES string of the molecule is CC(C)[C@@H]1C(=O)C[C@H](C)C[NH+]1C. The van der Waals surface area contributed by atoms with Crippen LogP contribution in [0.15, 0.2) is 0 Å². The van der Waals surface area contributed by atoms with E-state index < -0.39 is 0 Å². The molecule has 1 fully saturated rings. The molecule has 0 saturated carbocycles. The van der Waals surface area contributed by atoms with Gasteiger partial charge < -0.3 is 4.90 Å². The fourth-order valence-corrected chi connectivity index (χ4v) is 2.43. The minimum Gasteiger partial charge on any atom is -0.328 e. The van der Waals surface area contributed by atoms with Crippen molar-refractivity contribution in [3.63, 3.8) is 0 Å². The van der Waals surface area contributed by atoms with E-state index in [-0.39, 0.29) is 6.04 Å². The van der Waals surface area contributed by atoms with Gasteiger partial charge in [-0.15, -0.1) is 0 Å². The quantitative estimate of drug-likeness (QED) is 0.594. The van der Waals surface area contributed by atoms with Crippen molar-refractivity contribution in [3.05, 3.63) is 0 Å². The zero-order chi connectivity index (χ0) is 9.30. The van der Waals surface area contributed by atoms with Crippen LogP contribution >= 0.6 is 0 Å². The fraction of sp³-hybridized carbons (Fsp3) is 0.900. The third kappa shape index (κ3) is 1.86. The molecule has 2 heteroatoms. The highest BCUT2D eigenvalue weighted by molar-refractivity contribution is 5.83. The van der Waals surface area contributed by atoms with Gasteiger partial charge in [0, 0.05) is 18.3 Å². The lowest BCUT2D eigenvalue weighted by Gasteiger charge is -2.33. The van der Waals surface area contributed by atoms with E-state index in [1.165, 1.54) is 4.90 Å². The highest BCUT2D eigenvalue weighted by Crippen LogP contribution is 2.11. The van der Waals surface area contributed by atoms with Crippen molar-refractivity contribution in [2.45, 2.75) is 33.2 Å². The number of hydrogen-bond acceptors (Lipinski definition) is 1. The predicted molar refractivity (Wildman–Crippen MR) is 49.2 cm³/mol. The van der Waals surface area contributed by atoms with Crippen LogP contribution in [0.3, 0.4) is 0 Å². The third-order valence-electron chi connectivity index (χ3n) is 2.76. The Labute approximate surface area is 74.9 Å². The van der Waals surface area contributed by atoms with Crippen molar-refractivity contribution < 1.29 is 9.69 Å². The molecule has 70 valence electrons. The number of likely N-dealkylation sites (tertiary alicyclic amines) is 1. The molecule has 1 aliphatic heterocycles. The molecular formula is C10H20NO+. The van der Waals surface area contributed by atoms with Gasteiger partial charge in [-0.1, -0.05) is 20.8 Å². The van der Waals surface area contributed by atoms with E-state index in [1.54, 1.807) is 0 Å². The molecule has 1 saturated heterocycles. The predicted octanol–water partition coefficient (Wildman–Crippen LogP) is 0.135. The number of rotatable bonds is 1. The van der Waals surface area contributed by atoms with Gasteiger partial charge in [0.05, 0.1) is 13.6 Å². The number of likely N-dealkylation sites (N-methyl/N-ethyl adjacent to an activating group) is 1. The minimum absolute atomic E-state index is 0.251. The van der Waals surface area contributed by atoms with Gasteiger partial charge in [-0.05, 0) is 0 Å². The second-order valence-electron chi connectivity index (χ2n) is 4.55. The number of nitrogens with one attached hydrogen (secondary N) is 1. The topological polar surface area (TPSA) is 21.5 Å². The zero-order valence-corrected chi connectivity index (χ0v) is 8.55. The number of hydrogen-bond donors (Lipinski definition) is 1. The van der Waals surface area contributed by atoms with Gasteiger partial charge in [0.15, 0.2) is 5.78 Å². The van der Waals surface area contributed by atoms with E-state index in [1.807, 2.05) is 0 Å². The molecule has 2 nitrogen and oxygen atoms in total. The maximum absolute atomic E-state index is 11.6. The minimum atomic E-state index is 0.251. The maximum Gasteiger partial charge on any atom is 0.190 e. The molecule has 0 spiro atoms. The highest BCUT2D eigenvalue weighted by atomic mass is 16.1. The number of quaternary nitrogens is 1. The van der Waals surface area contributed by atoms with E-state index in [9.17, 15) is 4.79 Å². The van der Waals surface area contributed by atoms with Crippen LogP contribution in [0.25, 0.3) is 0 Å². The Morgan fingerprint density at radius 3 is 2.50 bits per heavy atom. The van der Waals surface area contributed by atoms with E-state index in [0.29, 0.717) is 17.6 Å². The van der Waals surface area contributed by atoms with Crippen LogP contribution in [0.1, 0.15) is 27.2 Å². The molecule has 0 aliphatic carbocycles. The third-order valence-corrected chi connectivity index (χ3v) is 2.76. The highest BCUT2D eigenvalue weighted by Gasteiger charge is 2.36. The molecule has 0 aromatic carbocycles. The summed E-state index contributed by atoms with van der Waals surface area (Å²) in [6.07, 6.45) is 0.792. The molecule has 1 heterocycles. The van der Waals surface area contributed by atoms with Crippen LogP contribution in [0.5, 0.6) is 0 Å². The molecule has 3 atom stereocenters.